The van der Waals surface area contributed by atoms with Crippen LogP contribution in [0.3, 0.4) is 0 Å². The molecule has 1 aliphatic heterocycles. The van der Waals surface area contributed by atoms with E-state index in [9.17, 15) is 0 Å². The van der Waals surface area contributed by atoms with Crippen LogP contribution in [0.4, 0.5) is 0 Å². The molecule has 8 heteroatoms. The average molecular weight is 823 g/mol. The van der Waals surface area contributed by atoms with Gasteiger partial charge in [0, 0.05) is 25.7 Å². The monoisotopic (exact) mass is 823 g/mol. The van der Waals surface area contributed by atoms with Crippen molar-refractivity contribution in [2.45, 2.75) is 92.9 Å². The van der Waals surface area contributed by atoms with Crippen LogP contribution in [-0.2, 0) is 44.6 Å². The molecule has 2 aliphatic rings. The molecular weight excluding hydrogens is 753 g/mol. The lowest BCUT2D eigenvalue weighted by Gasteiger charge is -2.23. The molecule has 6 rings (SSSR count). The highest BCUT2D eigenvalue weighted by Crippen LogP contribution is 2.39. The molecular formula is C52H70O8. The minimum absolute atomic E-state index is 0.232. The van der Waals surface area contributed by atoms with Gasteiger partial charge in [-0.05, 0) is 81.0 Å². The Hall–Kier alpha value is -4.08. The Balaban J connectivity index is 1.46. The summed E-state index contributed by atoms with van der Waals surface area (Å²) in [4.78, 5) is 0. The van der Waals surface area contributed by atoms with Crippen molar-refractivity contribution >= 4 is 0 Å². The molecule has 4 aromatic carbocycles. The maximum absolute atomic E-state index is 6.87. The fourth-order valence-electron chi connectivity index (χ4n) is 7.95. The Labute approximate surface area is 360 Å². The van der Waals surface area contributed by atoms with Crippen LogP contribution in [0.25, 0.3) is 0 Å². The predicted octanol–water partition coefficient (Wildman–Crippen LogP) is 10.6. The first-order valence-electron chi connectivity index (χ1n) is 22.3. The molecule has 0 saturated heterocycles. The third-order valence-corrected chi connectivity index (χ3v) is 10.9. The number of rotatable bonds is 8. The summed E-state index contributed by atoms with van der Waals surface area (Å²) in [6.45, 7) is 19.7. The van der Waals surface area contributed by atoms with Crippen LogP contribution in [0.15, 0.2) is 72.8 Å². The van der Waals surface area contributed by atoms with Crippen LogP contribution in [0, 0.1) is 10.8 Å². The maximum atomic E-state index is 6.87. The summed E-state index contributed by atoms with van der Waals surface area (Å²) in [5.74, 6) is 3.67. The summed E-state index contributed by atoms with van der Waals surface area (Å²) in [5.41, 5.74) is 9.45. The lowest BCUT2D eigenvalue weighted by molar-refractivity contribution is -0.00706. The van der Waals surface area contributed by atoms with Crippen molar-refractivity contribution in [1.29, 1.82) is 0 Å². The molecule has 4 aromatic rings. The second kappa shape index (κ2) is 22.7. The minimum Gasteiger partial charge on any atom is -0.493 e. The van der Waals surface area contributed by atoms with E-state index in [4.69, 9.17) is 37.9 Å². The predicted molar refractivity (Wildman–Crippen MR) is 240 cm³/mol. The maximum Gasteiger partial charge on any atom is 0.126 e. The number of fused-ring (bicyclic) bond motifs is 2. The Bertz CT molecular complexity index is 1700. The van der Waals surface area contributed by atoms with Crippen molar-refractivity contribution in [3.05, 3.63) is 117 Å². The molecule has 60 heavy (non-hydrogen) atoms. The molecule has 0 amide bonds. The lowest BCUT2D eigenvalue weighted by atomic mass is 9.90. The van der Waals surface area contributed by atoms with Crippen molar-refractivity contribution in [3.8, 4) is 23.0 Å². The fraction of sp³-hybridized carbons (Fsp3) is 0.538. The van der Waals surface area contributed by atoms with Crippen molar-refractivity contribution in [3.63, 3.8) is 0 Å². The van der Waals surface area contributed by atoms with Gasteiger partial charge < -0.3 is 37.9 Å². The number of ether oxygens (including phenoxy) is 8. The summed E-state index contributed by atoms with van der Waals surface area (Å²) in [5, 5.41) is 0. The van der Waals surface area contributed by atoms with Gasteiger partial charge in [0.25, 0.3) is 0 Å². The van der Waals surface area contributed by atoms with Crippen molar-refractivity contribution in [2.24, 2.45) is 10.8 Å². The highest BCUT2D eigenvalue weighted by Gasteiger charge is 2.22. The van der Waals surface area contributed by atoms with Gasteiger partial charge in [0.2, 0.25) is 0 Å². The largest absolute Gasteiger partial charge is 0.493 e. The minimum atomic E-state index is 0.232. The average Bonchev–Trinajstić information content (AvgIpc) is 3.19. The van der Waals surface area contributed by atoms with E-state index in [2.05, 4.69) is 114 Å². The van der Waals surface area contributed by atoms with E-state index < -0.39 is 0 Å². The summed E-state index contributed by atoms with van der Waals surface area (Å²) in [7, 11) is 0. The quantitative estimate of drug-likeness (QED) is 0.143. The highest BCUT2D eigenvalue weighted by atomic mass is 16.6. The van der Waals surface area contributed by atoms with Crippen molar-refractivity contribution in [1.82, 2.24) is 0 Å². The van der Waals surface area contributed by atoms with Crippen LogP contribution in [-0.4, -0.2) is 79.3 Å². The summed E-state index contributed by atoms with van der Waals surface area (Å²) >= 11 is 0. The van der Waals surface area contributed by atoms with Crippen LogP contribution < -0.4 is 18.9 Å². The van der Waals surface area contributed by atoms with E-state index >= 15 is 0 Å². The van der Waals surface area contributed by atoms with E-state index in [1.54, 1.807) is 0 Å². The molecule has 0 atom stereocenters. The number of para-hydroxylation sites is 4. The first-order valence-corrected chi connectivity index (χ1v) is 22.3. The molecule has 0 N–H and O–H groups in total. The zero-order chi connectivity index (χ0) is 42.2. The fourth-order valence-corrected chi connectivity index (χ4v) is 7.95. The normalized spacial score (nSPS) is 16.3. The number of hydrogen-bond acceptors (Lipinski definition) is 8. The zero-order valence-electron chi connectivity index (χ0n) is 37.3. The zero-order valence-corrected chi connectivity index (χ0v) is 37.3. The van der Waals surface area contributed by atoms with Crippen LogP contribution in [0.1, 0.15) is 112 Å². The van der Waals surface area contributed by atoms with Gasteiger partial charge >= 0.3 is 0 Å². The van der Waals surface area contributed by atoms with Crippen LogP contribution >= 0.6 is 0 Å². The summed E-state index contributed by atoms with van der Waals surface area (Å²) < 4.78 is 50.7. The second-order valence-electron chi connectivity index (χ2n) is 18.5. The molecule has 1 aliphatic carbocycles. The van der Waals surface area contributed by atoms with Gasteiger partial charge in [-0.1, -0.05) is 114 Å². The molecule has 0 spiro atoms. The highest BCUT2D eigenvalue weighted by molar-refractivity contribution is 5.56. The van der Waals surface area contributed by atoms with Crippen molar-refractivity contribution < 1.29 is 37.9 Å². The Morgan fingerprint density at radius 3 is 0.933 bits per heavy atom. The van der Waals surface area contributed by atoms with E-state index in [0.717, 1.165) is 93.2 Å². The summed E-state index contributed by atoms with van der Waals surface area (Å²) in [6.07, 6.45) is 6.71. The molecule has 0 unspecified atom stereocenters. The van der Waals surface area contributed by atoms with E-state index in [0.29, 0.717) is 105 Å². The molecule has 0 fully saturated rings. The smallest absolute Gasteiger partial charge is 0.126 e. The number of hydrogen-bond donors (Lipinski definition) is 0. The van der Waals surface area contributed by atoms with Gasteiger partial charge in [-0.15, -0.1) is 0 Å². The van der Waals surface area contributed by atoms with E-state index in [1.165, 1.54) is 0 Å². The van der Waals surface area contributed by atoms with Gasteiger partial charge in [0.15, 0.2) is 0 Å². The van der Waals surface area contributed by atoms with Gasteiger partial charge in [-0.3, -0.25) is 0 Å². The van der Waals surface area contributed by atoms with Gasteiger partial charge in [0.1, 0.15) is 36.2 Å². The topological polar surface area (TPSA) is 73.8 Å². The van der Waals surface area contributed by atoms with Crippen LogP contribution in [0.5, 0.6) is 23.0 Å². The molecule has 0 saturated carbocycles. The lowest BCUT2D eigenvalue weighted by Crippen LogP contribution is -2.15. The molecule has 1 heterocycles. The molecule has 0 radical (unpaired) electrons. The van der Waals surface area contributed by atoms with Crippen LogP contribution in [0.2, 0.25) is 0 Å². The molecule has 326 valence electrons. The first kappa shape index (κ1) is 45.4. The first-order chi connectivity index (χ1) is 29.0. The van der Waals surface area contributed by atoms with Crippen molar-refractivity contribution in [2.75, 3.05) is 79.3 Å². The van der Waals surface area contributed by atoms with Gasteiger partial charge in [-0.25, -0.2) is 0 Å². The third kappa shape index (κ3) is 14.3. The number of benzene rings is 4. The molecule has 8 nitrogen and oxygen atoms in total. The second-order valence-corrected chi connectivity index (χ2v) is 18.5. The summed E-state index contributed by atoms with van der Waals surface area (Å²) in [6, 6.07) is 26.3. The van der Waals surface area contributed by atoms with Gasteiger partial charge in [0.05, 0.1) is 66.1 Å². The van der Waals surface area contributed by atoms with Gasteiger partial charge in [-0.2, -0.15) is 0 Å². The SMILES string of the molecule is CC(C)(C)CCCOc1c2cccc1Cc1cccc3c1OCCOCCOCCOCCOCCOc1c(cccc1Cc1cccc(c1OCCCC(C)(C)C)C3)C2. The molecule has 10 bridgehead atoms. The van der Waals surface area contributed by atoms with E-state index in [1.807, 2.05) is 0 Å². The Kier molecular flexibility index (Phi) is 17.2. The third-order valence-electron chi connectivity index (χ3n) is 10.9. The Morgan fingerprint density at radius 1 is 0.383 bits per heavy atom. The standard InChI is InChI=1S/C52H70O8/c1-51(2,3)21-11-23-57-47-39-13-7-14-40(47)36-44-18-10-20-46-38-42-16-8-15-41(48(42)58-24-12-22-52(4,5)6)37-45-19-9-17-43(35-39)49(45)59-33-31-55-29-27-53-25-26-54-28-30-56-32-34-60-50(44)46/h7-10,13-20H,11-12,21-38H2,1-6H3. The Morgan fingerprint density at radius 2 is 0.650 bits per heavy atom. The van der Waals surface area contributed by atoms with E-state index in [-0.39, 0.29) is 10.8 Å². The molecule has 0 aromatic heterocycles.